The van der Waals surface area contributed by atoms with Crippen LogP contribution in [0.4, 0.5) is 4.79 Å². The first kappa shape index (κ1) is 32.3. The maximum Gasteiger partial charge on any atom is 0.498 e. The molecule has 3 heterocycles. The Balaban J connectivity index is 1.58. The van der Waals surface area contributed by atoms with Crippen LogP contribution in [-0.2, 0) is 28.7 Å². The van der Waals surface area contributed by atoms with E-state index in [2.05, 4.69) is 15.3 Å². The number of carbonyl (C=O) groups excluding carboxylic acids is 2. The summed E-state index contributed by atoms with van der Waals surface area (Å²) in [6.07, 6.45) is 4.18. The number of sulfone groups is 1. The first-order valence-electron chi connectivity index (χ1n) is 14.0. The van der Waals surface area contributed by atoms with Gasteiger partial charge in [0.25, 0.3) is 0 Å². The molecular weight excluding hydrogens is 535 g/mol. The molecule has 0 bridgehead atoms. The highest BCUT2D eigenvalue weighted by Gasteiger charge is 2.52. The van der Waals surface area contributed by atoms with Crippen molar-refractivity contribution in [3.8, 4) is 0 Å². The quantitative estimate of drug-likeness (QED) is 0.364. The third-order valence-corrected chi connectivity index (χ3v) is 9.22. The Labute approximate surface area is 239 Å². The van der Waals surface area contributed by atoms with Gasteiger partial charge in [0.2, 0.25) is 20.9 Å². The number of nitrogens with one attached hydrogen (secondary N) is 1. The van der Waals surface area contributed by atoms with Crippen LogP contribution in [0.15, 0.2) is 17.6 Å². The SMILES string of the molecule is CC(C)[C@H](NC(=O)OC(C)(C)C)C(=O)N1CCC[C@H](CCS(=O)(=O)c2ncc(B3OC(C)(C)C(C)(C)O3)cn2)C1. The van der Waals surface area contributed by atoms with Gasteiger partial charge in [-0.3, -0.25) is 4.79 Å². The number of alkyl carbamates (subject to hydrolysis) is 1. The molecule has 2 saturated heterocycles. The standard InChI is InChI=1S/C27H45BN4O7S/c1-18(2)21(31-24(34)37-25(3,4)5)22(33)32-13-10-11-19(17-32)12-14-40(35,36)23-29-15-20(16-30-23)28-38-26(6,7)27(8,9)39-28/h15-16,18-19,21H,10-14,17H2,1-9H3,(H,31,34)/t19-,21+/m1/s1. The van der Waals surface area contributed by atoms with Gasteiger partial charge in [0.1, 0.15) is 11.6 Å². The zero-order chi connectivity index (χ0) is 30.1. The molecule has 13 heteroatoms. The van der Waals surface area contributed by atoms with Crippen LogP contribution in [0, 0.1) is 11.8 Å². The third kappa shape index (κ3) is 7.94. The van der Waals surface area contributed by atoms with Crippen LogP contribution in [0.2, 0.25) is 0 Å². The maximum absolute atomic E-state index is 13.3. The number of amides is 2. The number of aromatic nitrogens is 2. The van der Waals surface area contributed by atoms with Crippen molar-refractivity contribution in [3.05, 3.63) is 12.4 Å². The first-order valence-corrected chi connectivity index (χ1v) is 15.7. The molecule has 0 aromatic carbocycles. The average molecular weight is 581 g/mol. The highest BCUT2D eigenvalue weighted by Crippen LogP contribution is 2.36. The van der Waals surface area contributed by atoms with Crippen LogP contribution in [0.3, 0.4) is 0 Å². The predicted octanol–water partition coefficient (Wildman–Crippen LogP) is 2.73. The Morgan fingerprint density at radius 2 is 1.73 bits per heavy atom. The Hall–Kier alpha value is -2.25. The normalized spacial score (nSPS) is 21.8. The fourth-order valence-electron chi connectivity index (χ4n) is 4.65. The van der Waals surface area contributed by atoms with Gasteiger partial charge in [-0.25, -0.2) is 23.2 Å². The number of ether oxygens (including phenoxy) is 1. The minimum absolute atomic E-state index is 0.00541. The summed E-state index contributed by atoms with van der Waals surface area (Å²) in [6, 6.07) is -0.728. The van der Waals surface area contributed by atoms with E-state index in [1.807, 2.05) is 41.5 Å². The molecule has 2 aliphatic rings. The molecule has 3 rings (SSSR count). The lowest BCUT2D eigenvalue weighted by atomic mass is 9.81. The van der Waals surface area contributed by atoms with Gasteiger partial charge >= 0.3 is 13.2 Å². The van der Waals surface area contributed by atoms with E-state index in [9.17, 15) is 18.0 Å². The van der Waals surface area contributed by atoms with Crippen molar-refractivity contribution in [3.63, 3.8) is 0 Å². The number of hydrogen-bond donors (Lipinski definition) is 1. The summed E-state index contributed by atoms with van der Waals surface area (Å²) in [7, 11) is -4.40. The molecule has 2 atom stereocenters. The van der Waals surface area contributed by atoms with Crippen LogP contribution in [-0.4, -0.2) is 84.1 Å². The van der Waals surface area contributed by atoms with Gasteiger partial charge < -0.3 is 24.3 Å². The summed E-state index contributed by atoms with van der Waals surface area (Å²) in [5.41, 5.74) is -1.18. The molecule has 2 aliphatic heterocycles. The fraction of sp³-hybridized carbons (Fsp3) is 0.778. The molecular formula is C27H45BN4O7S. The van der Waals surface area contributed by atoms with E-state index in [-0.39, 0.29) is 28.7 Å². The van der Waals surface area contributed by atoms with Crippen LogP contribution in [0.1, 0.15) is 81.6 Å². The number of piperidine rings is 1. The lowest BCUT2D eigenvalue weighted by Gasteiger charge is -2.36. The summed E-state index contributed by atoms with van der Waals surface area (Å²) in [6.45, 7) is 17.8. The van der Waals surface area contributed by atoms with E-state index in [0.717, 1.165) is 12.8 Å². The summed E-state index contributed by atoms with van der Waals surface area (Å²) >= 11 is 0. The molecule has 40 heavy (non-hydrogen) atoms. The second-order valence-electron chi connectivity index (χ2n) is 13.2. The molecule has 0 saturated carbocycles. The molecule has 2 amide bonds. The number of rotatable bonds is 8. The second kappa shape index (κ2) is 11.9. The van der Waals surface area contributed by atoms with E-state index >= 15 is 0 Å². The average Bonchev–Trinajstić information content (AvgIpc) is 3.06. The lowest BCUT2D eigenvalue weighted by molar-refractivity contribution is -0.136. The number of nitrogens with zero attached hydrogens (tertiary/aromatic N) is 3. The summed E-state index contributed by atoms with van der Waals surface area (Å²) < 4.78 is 43.4. The Morgan fingerprint density at radius 3 is 2.25 bits per heavy atom. The highest BCUT2D eigenvalue weighted by atomic mass is 32.2. The van der Waals surface area contributed by atoms with E-state index < -0.39 is 45.9 Å². The molecule has 1 aromatic heterocycles. The summed E-state index contributed by atoms with van der Waals surface area (Å²) in [5, 5.41) is 2.48. The van der Waals surface area contributed by atoms with Crippen molar-refractivity contribution in [2.24, 2.45) is 11.8 Å². The van der Waals surface area contributed by atoms with Gasteiger partial charge in [-0.1, -0.05) is 13.8 Å². The zero-order valence-corrected chi connectivity index (χ0v) is 26.1. The minimum Gasteiger partial charge on any atom is -0.444 e. The van der Waals surface area contributed by atoms with Gasteiger partial charge in [0.15, 0.2) is 0 Å². The number of hydrogen-bond acceptors (Lipinski definition) is 9. The van der Waals surface area contributed by atoms with Crippen molar-refractivity contribution in [2.45, 2.75) is 110 Å². The Kier molecular flexibility index (Phi) is 9.63. The molecule has 0 spiro atoms. The largest absolute Gasteiger partial charge is 0.498 e. The van der Waals surface area contributed by atoms with E-state index in [4.69, 9.17) is 14.0 Å². The summed E-state index contributed by atoms with van der Waals surface area (Å²) in [4.78, 5) is 35.6. The van der Waals surface area contributed by atoms with Gasteiger partial charge in [-0.2, -0.15) is 0 Å². The Bertz CT molecular complexity index is 1150. The van der Waals surface area contributed by atoms with Crippen molar-refractivity contribution >= 4 is 34.4 Å². The van der Waals surface area contributed by atoms with Crippen LogP contribution in [0.5, 0.6) is 0 Å². The van der Waals surface area contributed by atoms with Crippen molar-refractivity contribution in [1.82, 2.24) is 20.2 Å². The van der Waals surface area contributed by atoms with E-state index in [0.29, 0.717) is 25.0 Å². The van der Waals surface area contributed by atoms with E-state index in [1.54, 1.807) is 25.7 Å². The van der Waals surface area contributed by atoms with Crippen molar-refractivity contribution in [1.29, 1.82) is 0 Å². The number of carbonyl (C=O) groups is 2. The first-order chi connectivity index (χ1) is 18.3. The van der Waals surface area contributed by atoms with Crippen molar-refractivity contribution < 1.29 is 32.1 Å². The smallest absolute Gasteiger partial charge is 0.444 e. The number of likely N-dealkylation sites (tertiary alicyclic amines) is 1. The second-order valence-corrected chi connectivity index (χ2v) is 15.2. The summed E-state index contributed by atoms with van der Waals surface area (Å²) in [5.74, 6) is -0.446. The van der Waals surface area contributed by atoms with Crippen LogP contribution >= 0.6 is 0 Å². The van der Waals surface area contributed by atoms with Crippen LogP contribution in [0.25, 0.3) is 0 Å². The molecule has 1 N–H and O–H groups in total. The van der Waals surface area contributed by atoms with Crippen molar-refractivity contribution in [2.75, 3.05) is 18.8 Å². The highest BCUT2D eigenvalue weighted by molar-refractivity contribution is 7.91. The molecule has 1 aromatic rings. The van der Waals surface area contributed by atoms with Crippen LogP contribution < -0.4 is 10.8 Å². The zero-order valence-electron chi connectivity index (χ0n) is 25.3. The van der Waals surface area contributed by atoms with Gasteiger partial charge in [0, 0.05) is 30.9 Å². The molecule has 11 nitrogen and oxygen atoms in total. The third-order valence-electron chi connectivity index (χ3n) is 7.68. The molecule has 0 radical (unpaired) electrons. The maximum atomic E-state index is 13.3. The monoisotopic (exact) mass is 580 g/mol. The topological polar surface area (TPSA) is 137 Å². The van der Waals surface area contributed by atoms with Gasteiger partial charge in [0.05, 0.1) is 17.0 Å². The minimum atomic E-state index is -3.73. The van der Waals surface area contributed by atoms with E-state index in [1.165, 1.54) is 12.4 Å². The Morgan fingerprint density at radius 1 is 1.15 bits per heavy atom. The molecule has 0 aliphatic carbocycles. The fourth-order valence-corrected chi connectivity index (χ4v) is 5.90. The lowest BCUT2D eigenvalue weighted by Crippen LogP contribution is -2.54. The van der Waals surface area contributed by atoms with Gasteiger partial charge in [-0.05, 0) is 79.6 Å². The molecule has 0 unspecified atom stereocenters. The molecule has 2 fully saturated rings. The predicted molar refractivity (Wildman–Crippen MR) is 152 cm³/mol. The van der Waals surface area contributed by atoms with Gasteiger partial charge in [-0.15, -0.1) is 0 Å². The molecule has 224 valence electrons.